The van der Waals surface area contributed by atoms with Crippen LogP contribution in [0.3, 0.4) is 0 Å². The Morgan fingerprint density at radius 3 is 2.62 bits per heavy atom. The van der Waals surface area contributed by atoms with Gasteiger partial charge in [-0.1, -0.05) is 0 Å². The molecule has 1 N–H and O–H groups in total. The number of benzene rings is 1. The van der Waals surface area contributed by atoms with Crippen LogP contribution in [0.2, 0.25) is 0 Å². The smallest absolute Gasteiger partial charge is 0.254 e. The van der Waals surface area contributed by atoms with Crippen LogP contribution < -0.4 is 10.9 Å². The molecule has 0 aliphatic heterocycles. The van der Waals surface area contributed by atoms with Crippen LogP contribution >= 0.6 is 22.6 Å². The molecule has 0 unspecified atom stereocenters. The fourth-order valence-electron chi connectivity index (χ4n) is 2.06. The number of rotatable bonds is 3. The van der Waals surface area contributed by atoms with Gasteiger partial charge in [-0.3, -0.25) is 14.2 Å². The monoisotopic (exact) mass is 397 g/mol. The third-order valence-electron chi connectivity index (χ3n) is 3.09. The van der Waals surface area contributed by atoms with Crippen LogP contribution in [0.25, 0.3) is 0 Å². The lowest BCUT2D eigenvalue weighted by Crippen LogP contribution is -2.30. The second kappa shape index (κ2) is 6.38. The van der Waals surface area contributed by atoms with Crippen molar-refractivity contribution in [2.24, 2.45) is 0 Å². The van der Waals surface area contributed by atoms with Gasteiger partial charge in [0.2, 0.25) is 5.91 Å². The predicted octanol–water partition coefficient (Wildman–Crippen LogP) is 2.41. The molecule has 110 valence electrons. The molecule has 0 aliphatic carbocycles. The van der Waals surface area contributed by atoms with Crippen LogP contribution in [0.1, 0.15) is 17.1 Å². The molecule has 0 fully saturated rings. The highest BCUT2D eigenvalue weighted by Crippen LogP contribution is 2.17. The van der Waals surface area contributed by atoms with E-state index >= 15 is 0 Å². The molecule has 2 rings (SSSR count). The van der Waals surface area contributed by atoms with Crippen LogP contribution in [0.5, 0.6) is 0 Å². The van der Waals surface area contributed by atoms with E-state index in [1.165, 1.54) is 10.6 Å². The van der Waals surface area contributed by atoms with Crippen molar-refractivity contribution in [1.29, 1.82) is 0 Å². The number of aryl methyl sites for hydroxylation is 3. The quantitative estimate of drug-likeness (QED) is 0.810. The van der Waals surface area contributed by atoms with E-state index in [4.69, 9.17) is 0 Å². The third kappa shape index (κ3) is 3.90. The van der Waals surface area contributed by atoms with Crippen molar-refractivity contribution in [3.8, 4) is 0 Å². The van der Waals surface area contributed by atoms with Crippen molar-refractivity contribution in [1.82, 2.24) is 9.55 Å². The number of amides is 1. The number of anilines is 1. The average Bonchev–Trinajstić information content (AvgIpc) is 2.37. The van der Waals surface area contributed by atoms with E-state index in [1.54, 1.807) is 13.8 Å². The molecule has 0 saturated carbocycles. The van der Waals surface area contributed by atoms with Crippen LogP contribution in [0.15, 0.2) is 29.1 Å². The summed E-state index contributed by atoms with van der Waals surface area (Å²) in [5.74, 6) is 0.296. The van der Waals surface area contributed by atoms with Crippen molar-refractivity contribution >= 4 is 34.2 Å². The molecular weight excluding hydrogens is 381 g/mol. The Bertz CT molecular complexity index is 753. The molecule has 0 saturated heterocycles. The Hall–Kier alpha value is -1.70. The summed E-state index contributed by atoms with van der Waals surface area (Å²) in [6, 6.07) is 7.20. The van der Waals surface area contributed by atoms with Crippen molar-refractivity contribution in [2.75, 3.05) is 5.32 Å². The highest BCUT2D eigenvalue weighted by molar-refractivity contribution is 14.1. The summed E-state index contributed by atoms with van der Waals surface area (Å²) in [6.45, 7) is 5.37. The van der Waals surface area contributed by atoms with Crippen LogP contribution in [0, 0.1) is 24.3 Å². The molecule has 21 heavy (non-hydrogen) atoms. The van der Waals surface area contributed by atoms with E-state index in [0.29, 0.717) is 11.5 Å². The Kier molecular flexibility index (Phi) is 4.76. The Balaban J connectivity index is 2.18. The maximum atomic E-state index is 12.1. The lowest BCUT2D eigenvalue weighted by Gasteiger charge is -2.11. The first-order valence-electron chi connectivity index (χ1n) is 6.48. The number of carbonyl (C=O) groups excluding carboxylic acids is 1. The molecule has 2 aromatic rings. The van der Waals surface area contributed by atoms with Crippen molar-refractivity contribution in [2.45, 2.75) is 27.3 Å². The standard InChI is InChI=1S/C15H16IN3O2/c1-9-6-12(16)4-5-13(9)18-14(20)8-19-11(3)17-10(2)7-15(19)21/h4-7H,8H2,1-3H3,(H,18,20). The van der Waals surface area contributed by atoms with Gasteiger partial charge in [0.25, 0.3) is 5.56 Å². The van der Waals surface area contributed by atoms with Gasteiger partial charge in [0.1, 0.15) is 12.4 Å². The summed E-state index contributed by atoms with van der Waals surface area (Å²) >= 11 is 2.22. The first-order chi connectivity index (χ1) is 9.86. The van der Waals surface area contributed by atoms with Crippen molar-refractivity contribution in [3.05, 3.63) is 55.3 Å². The zero-order valence-electron chi connectivity index (χ0n) is 12.1. The van der Waals surface area contributed by atoms with E-state index in [-0.39, 0.29) is 18.0 Å². The zero-order valence-corrected chi connectivity index (χ0v) is 14.3. The molecule has 1 amide bonds. The fourth-order valence-corrected chi connectivity index (χ4v) is 2.70. The van der Waals surface area contributed by atoms with Crippen molar-refractivity contribution in [3.63, 3.8) is 0 Å². The van der Waals surface area contributed by atoms with E-state index in [0.717, 1.165) is 14.8 Å². The summed E-state index contributed by atoms with van der Waals surface area (Å²) in [5.41, 5.74) is 2.18. The SMILES string of the molecule is Cc1cc(=O)n(CC(=O)Nc2ccc(I)cc2C)c(C)n1. The first kappa shape index (κ1) is 15.7. The molecule has 1 aromatic heterocycles. The summed E-state index contributed by atoms with van der Waals surface area (Å²) < 4.78 is 2.47. The number of nitrogens with one attached hydrogen (secondary N) is 1. The Morgan fingerprint density at radius 1 is 1.29 bits per heavy atom. The van der Waals surface area contributed by atoms with Gasteiger partial charge in [-0.15, -0.1) is 0 Å². The summed E-state index contributed by atoms with van der Waals surface area (Å²) in [6.07, 6.45) is 0. The van der Waals surface area contributed by atoms with Crippen LogP contribution in [-0.2, 0) is 11.3 Å². The predicted molar refractivity (Wildman–Crippen MR) is 90.5 cm³/mol. The molecule has 6 heteroatoms. The van der Waals surface area contributed by atoms with Crippen molar-refractivity contribution < 1.29 is 4.79 Å². The Morgan fingerprint density at radius 2 is 2.00 bits per heavy atom. The minimum absolute atomic E-state index is 0.0383. The largest absolute Gasteiger partial charge is 0.324 e. The zero-order chi connectivity index (χ0) is 15.6. The molecule has 0 bridgehead atoms. The molecule has 5 nitrogen and oxygen atoms in total. The Labute approximate surface area is 136 Å². The summed E-state index contributed by atoms with van der Waals surface area (Å²) in [4.78, 5) is 28.2. The highest BCUT2D eigenvalue weighted by Gasteiger charge is 2.10. The van der Waals surface area contributed by atoms with Crippen LogP contribution in [0.4, 0.5) is 5.69 Å². The molecule has 0 atom stereocenters. The lowest BCUT2D eigenvalue weighted by atomic mass is 10.2. The maximum absolute atomic E-state index is 12.1. The van der Waals surface area contributed by atoms with E-state index in [2.05, 4.69) is 32.9 Å². The van der Waals surface area contributed by atoms with Gasteiger partial charge in [0.15, 0.2) is 0 Å². The molecule has 0 spiro atoms. The van der Waals surface area contributed by atoms with Gasteiger partial charge in [-0.05, 0) is 67.1 Å². The maximum Gasteiger partial charge on any atom is 0.254 e. The van der Waals surface area contributed by atoms with Gasteiger partial charge in [0, 0.05) is 21.0 Å². The summed E-state index contributed by atoms with van der Waals surface area (Å²) in [5, 5.41) is 2.83. The number of nitrogens with zero attached hydrogens (tertiary/aromatic N) is 2. The van der Waals surface area contributed by atoms with E-state index < -0.39 is 0 Å². The van der Waals surface area contributed by atoms with Crippen LogP contribution in [-0.4, -0.2) is 15.5 Å². The molecule has 0 radical (unpaired) electrons. The highest BCUT2D eigenvalue weighted by atomic mass is 127. The fraction of sp³-hybridized carbons (Fsp3) is 0.267. The van der Waals surface area contributed by atoms with Gasteiger partial charge in [-0.25, -0.2) is 4.98 Å². The normalized spacial score (nSPS) is 10.5. The average molecular weight is 397 g/mol. The number of aromatic nitrogens is 2. The number of hydrogen-bond acceptors (Lipinski definition) is 3. The lowest BCUT2D eigenvalue weighted by molar-refractivity contribution is -0.116. The molecule has 1 aromatic carbocycles. The summed E-state index contributed by atoms with van der Waals surface area (Å²) in [7, 11) is 0. The topological polar surface area (TPSA) is 64.0 Å². The third-order valence-corrected chi connectivity index (χ3v) is 3.76. The number of carbonyl (C=O) groups is 1. The van der Waals surface area contributed by atoms with Gasteiger partial charge in [-0.2, -0.15) is 0 Å². The molecule has 0 aliphatic rings. The van der Waals surface area contributed by atoms with Gasteiger partial charge in [0.05, 0.1) is 0 Å². The van der Waals surface area contributed by atoms with E-state index in [9.17, 15) is 9.59 Å². The first-order valence-corrected chi connectivity index (χ1v) is 7.56. The molecular formula is C15H16IN3O2. The second-order valence-corrected chi connectivity index (χ2v) is 6.12. The number of hydrogen-bond donors (Lipinski definition) is 1. The molecule has 1 heterocycles. The number of halogens is 1. The minimum Gasteiger partial charge on any atom is -0.324 e. The van der Waals surface area contributed by atoms with E-state index in [1.807, 2.05) is 25.1 Å². The van der Waals surface area contributed by atoms with Gasteiger partial charge >= 0.3 is 0 Å². The van der Waals surface area contributed by atoms with Gasteiger partial charge < -0.3 is 5.32 Å². The second-order valence-electron chi connectivity index (χ2n) is 4.88. The minimum atomic E-state index is -0.241.